The fourth-order valence-corrected chi connectivity index (χ4v) is 1.86. The van der Waals surface area contributed by atoms with Gasteiger partial charge in [-0.25, -0.2) is 0 Å². The van der Waals surface area contributed by atoms with Gasteiger partial charge in [0.1, 0.15) is 18.3 Å². The lowest BCUT2D eigenvalue weighted by atomic mass is 10.0. The number of ether oxygens (including phenoxy) is 3. The van der Waals surface area contributed by atoms with E-state index in [0.717, 1.165) is 0 Å². The van der Waals surface area contributed by atoms with Gasteiger partial charge in [-0.3, -0.25) is 0 Å². The molecule has 2 aliphatic heterocycles. The van der Waals surface area contributed by atoms with Crippen molar-refractivity contribution < 1.29 is 24.4 Å². The van der Waals surface area contributed by atoms with Crippen molar-refractivity contribution in [2.45, 2.75) is 57.3 Å². The summed E-state index contributed by atoms with van der Waals surface area (Å²) in [7, 11) is 0. The summed E-state index contributed by atoms with van der Waals surface area (Å²) in [6.45, 7) is 5.19. The Labute approximate surface area is 82.6 Å². The summed E-state index contributed by atoms with van der Waals surface area (Å²) in [5.41, 5.74) is 0. The molecule has 5 nitrogen and oxygen atoms in total. The summed E-state index contributed by atoms with van der Waals surface area (Å²) in [6, 6.07) is 0. The van der Waals surface area contributed by atoms with Crippen molar-refractivity contribution in [1.29, 1.82) is 0 Å². The largest absolute Gasteiger partial charge is 0.388 e. The maximum atomic E-state index is 9.72. The third-order valence-corrected chi connectivity index (χ3v) is 2.60. The van der Waals surface area contributed by atoms with Crippen LogP contribution >= 0.6 is 0 Å². The third kappa shape index (κ3) is 1.55. The average molecular weight is 204 g/mol. The van der Waals surface area contributed by atoms with E-state index < -0.39 is 36.5 Å². The van der Waals surface area contributed by atoms with Crippen molar-refractivity contribution in [3.63, 3.8) is 0 Å². The number of aliphatic hydroxyl groups is 2. The van der Waals surface area contributed by atoms with Crippen LogP contribution in [0.5, 0.6) is 0 Å². The molecule has 0 aromatic rings. The lowest BCUT2D eigenvalue weighted by molar-refractivity contribution is -0.245. The van der Waals surface area contributed by atoms with Crippen LogP contribution in [0.3, 0.4) is 0 Å². The molecule has 14 heavy (non-hydrogen) atoms. The van der Waals surface area contributed by atoms with Gasteiger partial charge in [0.25, 0.3) is 0 Å². The molecule has 0 amide bonds. The van der Waals surface area contributed by atoms with E-state index in [4.69, 9.17) is 14.2 Å². The summed E-state index contributed by atoms with van der Waals surface area (Å²) in [5.74, 6) is -0.764. The highest BCUT2D eigenvalue weighted by molar-refractivity contribution is 4.92. The summed E-state index contributed by atoms with van der Waals surface area (Å²) in [6.07, 6.45) is -3.50. The predicted molar refractivity (Wildman–Crippen MR) is 46.4 cm³/mol. The van der Waals surface area contributed by atoms with Gasteiger partial charge >= 0.3 is 0 Å². The van der Waals surface area contributed by atoms with E-state index in [-0.39, 0.29) is 0 Å². The van der Waals surface area contributed by atoms with Gasteiger partial charge < -0.3 is 24.4 Å². The zero-order valence-corrected chi connectivity index (χ0v) is 8.51. The summed E-state index contributed by atoms with van der Waals surface area (Å²) in [5, 5.41) is 19.3. The predicted octanol–water partition coefficient (Wildman–Crippen LogP) is -0.396. The van der Waals surface area contributed by atoms with Crippen LogP contribution in [0.1, 0.15) is 20.8 Å². The quantitative estimate of drug-likeness (QED) is 0.562. The topological polar surface area (TPSA) is 68.2 Å². The zero-order valence-electron chi connectivity index (χ0n) is 8.51. The molecule has 82 valence electrons. The standard InChI is InChI=1S/C9H16O5/c1-4-5(10)6(11)7-8(12-4)14-9(2,3)13-7/h4-8,10-11H,1-3H3/t4?,5-,6-,7?,8+/m0/s1. The van der Waals surface area contributed by atoms with Crippen molar-refractivity contribution in [1.82, 2.24) is 0 Å². The average Bonchev–Trinajstić information content (AvgIpc) is 2.37. The highest BCUT2D eigenvalue weighted by Gasteiger charge is 2.52. The number of fused-ring (bicyclic) bond motifs is 1. The Morgan fingerprint density at radius 3 is 2.36 bits per heavy atom. The molecule has 5 heteroatoms. The van der Waals surface area contributed by atoms with E-state index >= 15 is 0 Å². The monoisotopic (exact) mass is 204 g/mol. The molecule has 0 bridgehead atoms. The second-order valence-corrected chi connectivity index (χ2v) is 4.29. The van der Waals surface area contributed by atoms with Gasteiger partial charge in [-0.1, -0.05) is 0 Å². The molecule has 0 radical (unpaired) electrons. The Bertz CT molecular complexity index is 229. The van der Waals surface area contributed by atoms with Crippen molar-refractivity contribution in [3.05, 3.63) is 0 Å². The SMILES string of the molecule is CC1O[C@@H]2OC(C)(C)OC2[C@@H](O)[C@H]1O. The maximum absolute atomic E-state index is 9.72. The van der Waals surface area contributed by atoms with Crippen LogP contribution in [0, 0.1) is 0 Å². The van der Waals surface area contributed by atoms with Gasteiger partial charge in [0, 0.05) is 0 Å². The van der Waals surface area contributed by atoms with Gasteiger partial charge in [0.05, 0.1) is 6.10 Å². The number of rotatable bonds is 0. The molecule has 2 rings (SSSR count). The molecule has 2 heterocycles. The Balaban J connectivity index is 2.15. The van der Waals surface area contributed by atoms with Crippen LogP contribution in [0.2, 0.25) is 0 Å². The van der Waals surface area contributed by atoms with Crippen LogP contribution in [-0.2, 0) is 14.2 Å². The first-order valence-electron chi connectivity index (χ1n) is 4.78. The lowest BCUT2D eigenvalue weighted by Crippen LogP contribution is -2.55. The smallest absolute Gasteiger partial charge is 0.190 e. The molecular weight excluding hydrogens is 188 g/mol. The number of hydrogen-bond donors (Lipinski definition) is 2. The van der Waals surface area contributed by atoms with Crippen molar-refractivity contribution in [2.75, 3.05) is 0 Å². The summed E-state index contributed by atoms with van der Waals surface area (Å²) >= 11 is 0. The van der Waals surface area contributed by atoms with Gasteiger partial charge in [0.2, 0.25) is 0 Å². The molecular formula is C9H16O5. The summed E-state index contributed by atoms with van der Waals surface area (Å²) < 4.78 is 16.2. The molecule has 2 saturated heterocycles. The van der Waals surface area contributed by atoms with Crippen molar-refractivity contribution in [3.8, 4) is 0 Å². The zero-order chi connectivity index (χ0) is 10.5. The number of hydrogen-bond acceptors (Lipinski definition) is 5. The first-order chi connectivity index (χ1) is 6.41. The molecule has 0 aliphatic carbocycles. The molecule has 5 atom stereocenters. The van der Waals surface area contributed by atoms with E-state index in [9.17, 15) is 10.2 Å². The van der Waals surface area contributed by atoms with Gasteiger partial charge in [-0.05, 0) is 20.8 Å². The van der Waals surface area contributed by atoms with E-state index in [1.54, 1.807) is 20.8 Å². The Morgan fingerprint density at radius 2 is 1.71 bits per heavy atom. The Kier molecular flexibility index (Phi) is 2.32. The fourth-order valence-electron chi connectivity index (χ4n) is 1.86. The Hall–Kier alpha value is -0.200. The molecule has 2 N–H and O–H groups in total. The fraction of sp³-hybridized carbons (Fsp3) is 1.00. The number of aliphatic hydroxyl groups excluding tert-OH is 2. The van der Waals surface area contributed by atoms with Crippen LogP contribution < -0.4 is 0 Å². The molecule has 2 aliphatic rings. The van der Waals surface area contributed by atoms with Gasteiger partial charge in [0.15, 0.2) is 12.1 Å². The maximum Gasteiger partial charge on any atom is 0.190 e. The third-order valence-electron chi connectivity index (χ3n) is 2.60. The lowest BCUT2D eigenvalue weighted by Gasteiger charge is -2.36. The highest BCUT2D eigenvalue weighted by atomic mass is 16.8. The van der Waals surface area contributed by atoms with E-state index in [0.29, 0.717) is 0 Å². The molecule has 0 spiro atoms. The van der Waals surface area contributed by atoms with Crippen LogP contribution in [-0.4, -0.2) is 46.7 Å². The van der Waals surface area contributed by atoms with Crippen molar-refractivity contribution >= 4 is 0 Å². The minimum atomic E-state index is -0.953. The Morgan fingerprint density at radius 1 is 1.07 bits per heavy atom. The molecule has 0 aromatic carbocycles. The molecule has 2 fully saturated rings. The van der Waals surface area contributed by atoms with E-state index in [1.165, 1.54) is 0 Å². The van der Waals surface area contributed by atoms with Crippen molar-refractivity contribution in [2.24, 2.45) is 0 Å². The van der Waals surface area contributed by atoms with Crippen LogP contribution in [0.15, 0.2) is 0 Å². The van der Waals surface area contributed by atoms with E-state index in [2.05, 4.69) is 0 Å². The second kappa shape index (κ2) is 3.15. The highest BCUT2D eigenvalue weighted by Crippen LogP contribution is 2.35. The van der Waals surface area contributed by atoms with E-state index in [1.807, 2.05) is 0 Å². The molecule has 0 aromatic heterocycles. The molecule has 2 unspecified atom stereocenters. The second-order valence-electron chi connectivity index (χ2n) is 4.29. The minimum absolute atomic E-state index is 0.441. The van der Waals surface area contributed by atoms with Gasteiger partial charge in [-0.15, -0.1) is 0 Å². The first-order valence-corrected chi connectivity index (χ1v) is 4.78. The van der Waals surface area contributed by atoms with Crippen LogP contribution in [0.4, 0.5) is 0 Å². The van der Waals surface area contributed by atoms with Gasteiger partial charge in [-0.2, -0.15) is 0 Å². The molecule has 0 saturated carbocycles. The first kappa shape index (κ1) is 10.3. The van der Waals surface area contributed by atoms with Crippen LogP contribution in [0.25, 0.3) is 0 Å². The minimum Gasteiger partial charge on any atom is -0.388 e. The normalized spacial score (nSPS) is 51.6. The summed E-state index contributed by atoms with van der Waals surface area (Å²) in [4.78, 5) is 0.